The molecule has 1 aliphatic heterocycles. The van der Waals surface area contributed by atoms with Crippen molar-refractivity contribution in [3.8, 4) is 0 Å². The summed E-state index contributed by atoms with van der Waals surface area (Å²) < 4.78 is 25.4. The number of carbonyl (C=O) groups is 1. The molecular formula is C16H25N3O3S. The highest BCUT2D eigenvalue weighted by atomic mass is 32.2. The van der Waals surface area contributed by atoms with Gasteiger partial charge >= 0.3 is 0 Å². The Labute approximate surface area is 138 Å². The Morgan fingerprint density at radius 3 is 2.26 bits per heavy atom. The van der Waals surface area contributed by atoms with Crippen LogP contribution < -0.4 is 4.72 Å². The maximum atomic E-state index is 12.6. The van der Waals surface area contributed by atoms with Gasteiger partial charge in [0.2, 0.25) is 15.9 Å². The minimum absolute atomic E-state index is 0.0470. The van der Waals surface area contributed by atoms with Crippen LogP contribution >= 0.6 is 0 Å². The van der Waals surface area contributed by atoms with Crippen molar-refractivity contribution in [3.63, 3.8) is 0 Å². The molecule has 0 spiro atoms. The topological polar surface area (TPSA) is 69.7 Å². The van der Waals surface area contributed by atoms with Crippen LogP contribution in [0.1, 0.15) is 24.4 Å². The fourth-order valence-corrected chi connectivity index (χ4v) is 3.81. The number of amides is 1. The van der Waals surface area contributed by atoms with Gasteiger partial charge in [-0.2, -0.15) is 0 Å². The van der Waals surface area contributed by atoms with E-state index in [9.17, 15) is 13.2 Å². The van der Waals surface area contributed by atoms with E-state index in [0.29, 0.717) is 25.9 Å². The number of likely N-dealkylation sites (tertiary alicyclic amines) is 1. The van der Waals surface area contributed by atoms with Gasteiger partial charge < -0.3 is 4.90 Å². The summed E-state index contributed by atoms with van der Waals surface area (Å²) in [6, 6.07) is 9.37. The lowest BCUT2D eigenvalue weighted by atomic mass is 9.99. The largest absolute Gasteiger partial charge is 0.347 e. The van der Waals surface area contributed by atoms with Crippen molar-refractivity contribution in [2.75, 3.05) is 33.4 Å². The van der Waals surface area contributed by atoms with Gasteiger partial charge in [0.25, 0.3) is 0 Å². The quantitative estimate of drug-likeness (QED) is 0.863. The number of likely N-dealkylation sites (N-methyl/N-ethyl adjacent to an activating group) is 1. The molecule has 1 atom stereocenters. The summed E-state index contributed by atoms with van der Waals surface area (Å²) in [5, 5.41) is 0. The van der Waals surface area contributed by atoms with Gasteiger partial charge in [0.15, 0.2) is 0 Å². The number of carbonyl (C=O) groups excluding carboxylic acids is 1. The lowest BCUT2D eigenvalue weighted by molar-refractivity contribution is -0.135. The first-order valence-electron chi connectivity index (χ1n) is 7.75. The highest BCUT2D eigenvalue weighted by Gasteiger charge is 2.32. The van der Waals surface area contributed by atoms with Gasteiger partial charge in [-0.15, -0.1) is 0 Å². The third kappa shape index (κ3) is 5.02. The minimum Gasteiger partial charge on any atom is -0.347 e. The summed E-state index contributed by atoms with van der Waals surface area (Å²) in [6.07, 6.45) is 2.59. The van der Waals surface area contributed by atoms with Gasteiger partial charge in [0.05, 0.1) is 6.26 Å². The lowest BCUT2D eigenvalue weighted by Gasteiger charge is -2.38. The molecule has 1 amide bonds. The Balaban J connectivity index is 2.11. The first kappa shape index (κ1) is 17.9. The number of benzene rings is 1. The molecule has 1 fully saturated rings. The third-order valence-electron chi connectivity index (χ3n) is 4.07. The standard InChI is InChI=1S/C16H25N3O3S/c1-18(2)16(20)15(13-7-5-4-6-8-13)19-11-9-14(10-12-19)17-23(3,21)22/h4-8,14-15,17H,9-12H2,1-3H3. The number of sulfonamides is 1. The van der Waals surface area contributed by atoms with E-state index < -0.39 is 10.0 Å². The molecule has 1 unspecified atom stereocenters. The van der Waals surface area contributed by atoms with Crippen LogP contribution in [0.25, 0.3) is 0 Å². The van der Waals surface area contributed by atoms with Crippen molar-refractivity contribution < 1.29 is 13.2 Å². The van der Waals surface area contributed by atoms with Crippen LogP contribution in [0.2, 0.25) is 0 Å². The zero-order valence-electron chi connectivity index (χ0n) is 13.9. The molecule has 1 saturated heterocycles. The summed E-state index contributed by atoms with van der Waals surface area (Å²) in [4.78, 5) is 16.4. The number of rotatable bonds is 5. The molecule has 0 saturated carbocycles. The second-order valence-electron chi connectivity index (χ2n) is 6.25. The van der Waals surface area contributed by atoms with E-state index in [1.54, 1.807) is 19.0 Å². The second kappa shape index (κ2) is 7.42. The van der Waals surface area contributed by atoms with Crippen LogP contribution in [0.15, 0.2) is 30.3 Å². The van der Waals surface area contributed by atoms with E-state index in [0.717, 1.165) is 5.56 Å². The maximum absolute atomic E-state index is 12.6. The molecule has 1 aromatic carbocycles. The van der Waals surface area contributed by atoms with E-state index in [4.69, 9.17) is 0 Å². The first-order valence-corrected chi connectivity index (χ1v) is 9.64. The molecule has 1 aromatic rings. The van der Waals surface area contributed by atoms with Crippen LogP contribution in [-0.4, -0.2) is 63.6 Å². The predicted octanol–water partition coefficient (Wildman–Crippen LogP) is 0.829. The SMILES string of the molecule is CN(C)C(=O)C(c1ccccc1)N1CCC(NS(C)(=O)=O)CC1. The molecule has 6 nitrogen and oxygen atoms in total. The first-order chi connectivity index (χ1) is 10.8. The van der Waals surface area contributed by atoms with Crippen molar-refractivity contribution in [1.82, 2.24) is 14.5 Å². The zero-order valence-corrected chi connectivity index (χ0v) is 14.7. The average Bonchev–Trinajstić information content (AvgIpc) is 2.48. The van der Waals surface area contributed by atoms with Gasteiger partial charge in [-0.25, -0.2) is 13.1 Å². The summed E-state index contributed by atoms with van der Waals surface area (Å²) in [5.74, 6) is 0.0470. The summed E-state index contributed by atoms with van der Waals surface area (Å²) in [5.41, 5.74) is 0.973. The van der Waals surface area contributed by atoms with E-state index in [1.165, 1.54) is 6.26 Å². The monoisotopic (exact) mass is 339 g/mol. The highest BCUT2D eigenvalue weighted by Crippen LogP contribution is 2.26. The van der Waals surface area contributed by atoms with Crippen LogP contribution in [0.3, 0.4) is 0 Å². The Hall–Kier alpha value is -1.44. The van der Waals surface area contributed by atoms with Crippen molar-refractivity contribution in [2.45, 2.75) is 24.9 Å². The van der Waals surface area contributed by atoms with Gasteiger partial charge in [-0.3, -0.25) is 9.69 Å². The van der Waals surface area contributed by atoms with E-state index in [2.05, 4.69) is 9.62 Å². The highest BCUT2D eigenvalue weighted by molar-refractivity contribution is 7.88. The van der Waals surface area contributed by atoms with Crippen LogP contribution in [0.5, 0.6) is 0 Å². The molecule has 1 aliphatic rings. The second-order valence-corrected chi connectivity index (χ2v) is 8.03. The molecule has 0 aliphatic carbocycles. The Morgan fingerprint density at radius 2 is 1.78 bits per heavy atom. The fourth-order valence-electron chi connectivity index (χ4n) is 2.97. The van der Waals surface area contributed by atoms with Crippen LogP contribution in [0.4, 0.5) is 0 Å². The van der Waals surface area contributed by atoms with Gasteiger partial charge in [-0.1, -0.05) is 30.3 Å². The third-order valence-corrected chi connectivity index (χ3v) is 4.83. The van der Waals surface area contributed by atoms with E-state index >= 15 is 0 Å². The summed E-state index contributed by atoms with van der Waals surface area (Å²) in [7, 11) is 0.333. The summed E-state index contributed by atoms with van der Waals surface area (Å²) in [6.45, 7) is 1.37. The van der Waals surface area contributed by atoms with Gasteiger partial charge in [-0.05, 0) is 18.4 Å². The minimum atomic E-state index is -3.19. The van der Waals surface area contributed by atoms with Crippen molar-refractivity contribution in [3.05, 3.63) is 35.9 Å². The normalized spacial score (nSPS) is 18.6. The molecule has 1 heterocycles. The number of hydrogen-bond donors (Lipinski definition) is 1. The van der Waals surface area contributed by atoms with Crippen molar-refractivity contribution in [1.29, 1.82) is 0 Å². The lowest BCUT2D eigenvalue weighted by Crippen LogP contribution is -2.48. The average molecular weight is 339 g/mol. The Bertz CT molecular complexity index is 623. The molecule has 0 radical (unpaired) electrons. The molecule has 23 heavy (non-hydrogen) atoms. The number of hydrogen-bond acceptors (Lipinski definition) is 4. The molecular weight excluding hydrogens is 314 g/mol. The molecule has 7 heteroatoms. The fraction of sp³-hybridized carbons (Fsp3) is 0.562. The van der Waals surface area contributed by atoms with Crippen molar-refractivity contribution >= 4 is 15.9 Å². The number of piperidine rings is 1. The Kier molecular flexibility index (Phi) is 5.78. The van der Waals surface area contributed by atoms with Gasteiger partial charge in [0, 0.05) is 33.2 Å². The molecule has 0 aromatic heterocycles. The van der Waals surface area contributed by atoms with E-state index in [1.807, 2.05) is 30.3 Å². The van der Waals surface area contributed by atoms with Crippen LogP contribution in [-0.2, 0) is 14.8 Å². The van der Waals surface area contributed by atoms with Gasteiger partial charge in [0.1, 0.15) is 6.04 Å². The zero-order chi connectivity index (χ0) is 17.0. The number of nitrogens with one attached hydrogen (secondary N) is 1. The van der Waals surface area contributed by atoms with Crippen molar-refractivity contribution in [2.24, 2.45) is 0 Å². The molecule has 128 valence electrons. The van der Waals surface area contributed by atoms with E-state index in [-0.39, 0.29) is 18.0 Å². The summed E-state index contributed by atoms with van der Waals surface area (Å²) >= 11 is 0. The molecule has 2 rings (SSSR count). The molecule has 0 bridgehead atoms. The predicted molar refractivity (Wildman–Crippen MR) is 90.5 cm³/mol. The van der Waals surface area contributed by atoms with Crippen LogP contribution in [0, 0.1) is 0 Å². The molecule has 1 N–H and O–H groups in total. The number of nitrogens with zero attached hydrogens (tertiary/aromatic N) is 2. The smallest absolute Gasteiger partial charge is 0.244 e. The Morgan fingerprint density at radius 1 is 1.22 bits per heavy atom. The maximum Gasteiger partial charge on any atom is 0.244 e.